The van der Waals surface area contributed by atoms with Gasteiger partial charge in [-0.25, -0.2) is 4.98 Å². The van der Waals surface area contributed by atoms with Crippen LogP contribution >= 0.6 is 0 Å². The van der Waals surface area contributed by atoms with Gasteiger partial charge in [0.1, 0.15) is 5.65 Å². The van der Waals surface area contributed by atoms with Crippen LogP contribution < -0.4 is 0 Å². The van der Waals surface area contributed by atoms with Crippen molar-refractivity contribution in [3.63, 3.8) is 0 Å². The van der Waals surface area contributed by atoms with E-state index in [1.54, 1.807) is 0 Å². The van der Waals surface area contributed by atoms with Crippen LogP contribution in [0.25, 0.3) is 11.0 Å². The van der Waals surface area contributed by atoms with Crippen LogP contribution in [0.15, 0.2) is 18.3 Å². The summed E-state index contributed by atoms with van der Waals surface area (Å²) in [6.45, 7) is 8.67. The highest BCUT2D eigenvalue weighted by Crippen LogP contribution is 2.24. The molecule has 2 aromatic heterocycles. The van der Waals surface area contributed by atoms with Crippen molar-refractivity contribution >= 4 is 11.0 Å². The molecular weight excluding hydrogens is 172 g/mol. The van der Waals surface area contributed by atoms with Crippen molar-refractivity contribution in [3.05, 3.63) is 29.6 Å². The molecule has 0 aromatic carbocycles. The van der Waals surface area contributed by atoms with Crippen molar-refractivity contribution in [2.75, 3.05) is 0 Å². The number of aromatic amines is 1. The van der Waals surface area contributed by atoms with Crippen LogP contribution in [0, 0.1) is 6.92 Å². The summed E-state index contributed by atoms with van der Waals surface area (Å²) < 4.78 is 0. The number of nitrogens with one attached hydrogen (secondary N) is 1. The van der Waals surface area contributed by atoms with E-state index < -0.39 is 0 Å². The molecule has 0 radical (unpaired) electrons. The number of hydrogen-bond acceptors (Lipinski definition) is 1. The molecule has 0 aliphatic rings. The van der Waals surface area contributed by atoms with Gasteiger partial charge in [0.25, 0.3) is 0 Å². The second-order valence-electron chi connectivity index (χ2n) is 4.86. The van der Waals surface area contributed by atoms with Crippen molar-refractivity contribution in [3.8, 4) is 0 Å². The molecule has 0 amide bonds. The maximum absolute atomic E-state index is 4.41. The molecular formula is C12H16N2. The molecule has 0 fully saturated rings. The number of hydrogen-bond donors (Lipinski definition) is 1. The van der Waals surface area contributed by atoms with Crippen LogP contribution in [0.5, 0.6) is 0 Å². The molecule has 0 saturated carbocycles. The Bertz CT molecular complexity index is 461. The minimum atomic E-state index is 0.173. The van der Waals surface area contributed by atoms with Crippen LogP contribution in [0.3, 0.4) is 0 Å². The van der Waals surface area contributed by atoms with E-state index in [9.17, 15) is 0 Å². The van der Waals surface area contributed by atoms with Gasteiger partial charge in [-0.15, -0.1) is 0 Å². The van der Waals surface area contributed by atoms with E-state index in [1.807, 2.05) is 6.20 Å². The van der Waals surface area contributed by atoms with E-state index in [2.05, 4.69) is 49.8 Å². The number of pyridine rings is 1. The predicted molar refractivity (Wildman–Crippen MR) is 59.5 cm³/mol. The minimum Gasteiger partial charge on any atom is -0.344 e. The monoisotopic (exact) mass is 188 g/mol. The van der Waals surface area contributed by atoms with Crippen molar-refractivity contribution in [2.24, 2.45) is 0 Å². The summed E-state index contributed by atoms with van der Waals surface area (Å²) in [6.07, 6.45) is 1.96. The van der Waals surface area contributed by atoms with Crippen molar-refractivity contribution in [1.82, 2.24) is 9.97 Å². The highest BCUT2D eigenvalue weighted by molar-refractivity contribution is 5.77. The molecule has 2 rings (SSSR count). The molecule has 2 nitrogen and oxygen atoms in total. The van der Waals surface area contributed by atoms with Gasteiger partial charge in [0, 0.05) is 17.3 Å². The molecule has 2 heteroatoms. The molecule has 14 heavy (non-hydrogen) atoms. The highest BCUT2D eigenvalue weighted by Gasteiger charge is 2.14. The fourth-order valence-corrected chi connectivity index (χ4v) is 1.56. The zero-order chi connectivity index (χ0) is 10.3. The Kier molecular flexibility index (Phi) is 1.88. The summed E-state index contributed by atoms with van der Waals surface area (Å²) in [7, 11) is 0. The Labute approximate surface area is 84.4 Å². The van der Waals surface area contributed by atoms with Crippen molar-refractivity contribution in [2.45, 2.75) is 33.1 Å². The summed E-state index contributed by atoms with van der Waals surface area (Å²) >= 11 is 0. The lowest BCUT2D eigenvalue weighted by Crippen LogP contribution is -2.11. The SMILES string of the molecule is Cc1cc2cc(C(C)(C)C)cnc2[nH]1. The lowest BCUT2D eigenvalue weighted by molar-refractivity contribution is 0.588. The maximum Gasteiger partial charge on any atom is 0.137 e. The van der Waals surface area contributed by atoms with Gasteiger partial charge in [0.2, 0.25) is 0 Å². The molecule has 1 N–H and O–H groups in total. The smallest absolute Gasteiger partial charge is 0.137 e. The van der Waals surface area contributed by atoms with Gasteiger partial charge in [-0.3, -0.25) is 0 Å². The second kappa shape index (κ2) is 2.84. The van der Waals surface area contributed by atoms with Gasteiger partial charge in [-0.1, -0.05) is 20.8 Å². The van der Waals surface area contributed by atoms with E-state index in [1.165, 1.54) is 16.6 Å². The second-order valence-corrected chi connectivity index (χ2v) is 4.86. The summed E-state index contributed by atoms with van der Waals surface area (Å²) in [6, 6.07) is 4.35. The van der Waals surface area contributed by atoms with Gasteiger partial charge in [0.05, 0.1) is 0 Å². The summed E-state index contributed by atoms with van der Waals surface area (Å²) in [5.74, 6) is 0. The van der Waals surface area contributed by atoms with Crippen molar-refractivity contribution < 1.29 is 0 Å². The first-order chi connectivity index (χ1) is 6.47. The van der Waals surface area contributed by atoms with E-state index in [0.717, 1.165) is 5.65 Å². The quantitative estimate of drug-likeness (QED) is 0.676. The van der Waals surface area contributed by atoms with E-state index in [0.29, 0.717) is 0 Å². The highest BCUT2D eigenvalue weighted by atomic mass is 14.8. The fourth-order valence-electron chi connectivity index (χ4n) is 1.56. The average Bonchev–Trinajstić information content (AvgIpc) is 2.41. The normalized spacial score (nSPS) is 12.3. The van der Waals surface area contributed by atoms with E-state index in [4.69, 9.17) is 0 Å². The lowest BCUT2D eigenvalue weighted by atomic mass is 9.88. The first kappa shape index (κ1) is 9.25. The molecule has 0 unspecified atom stereocenters. The summed E-state index contributed by atoms with van der Waals surface area (Å²) in [5, 5.41) is 1.20. The minimum absolute atomic E-state index is 0.173. The molecule has 0 saturated heterocycles. The topological polar surface area (TPSA) is 28.7 Å². The zero-order valence-electron chi connectivity index (χ0n) is 9.18. The van der Waals surface area contributed by atoms with Gasteiger partial charge in [-0.2, -0.15) is 0 Å². The molecule has 74 valence electrons. The number of aromatic nitrogens is 2. The first-order valence-corrected chi connectivity index (χ1v) is 4.93. The van der Waals surface area contributed by atoms with E-state index >= 15 is 0 Å². The average molecular weight is 188 g/mol. The Morgan fingerprint density at radius 3 is 2.57 bits per heavy atom. The third-order valence-corrected chi connectivity index (χ3v) is 2.47. The standard InChI is InChI=1S/C12H16N2/c1-8-5-9-6-10(12(2,3)4)7-13-11(9)14-8/h5-7H,1-4H3,(H,13,14). The number of aryl methyl sites for hydroxylation is 1. The molecule has 0 aliphatic carbocycles. The van der Waals surface area contributed by atoms with Gasteiger partial charge < -0.3 is 4.98 Å². The third-order valence-electron chi connectivity index (χ3n) is 2.47. The first-order valence-electron chi connectivity index (χ1n) is 4.93. The Hall–Kier alpha value is -1.31. The van der Waals surface area contributed by atoms with Gasteiger partial charge in [-0.05, 0) is 30.0 Å². The largest absolute Gasteiger partial charge is 0.344 e. The Balaban J connectivity index is 2.62. The zero-order valence-corrected chi connectivity index (χ0v) is 9.18. The number of fused-ring (bicyclic) bond motifs is 1. The maximum atomic E-state index is 4.41. The molecule has 0 bridgehead atoms. The van der Waals surface area contributed by atoms with E-state index in [-0.39, 0.29) is 5.41 Å². The van der Waals surface area contributed by atoms with Crippen LogP contribution in [0.4, 0.5) is 0 Å². The molecule has 0 aliphatic heterocycles. The molecule has 2 heterocycles. The van der Waals surface area contributed by atoms with Crippen LogP contribution in [0.2, 0.25) is 0 Å². The Morgan fingerprint density at radius 1 is 1.21 bits per heavy atom. The van der Waals surface area contributed by atoms with Crippen molar-refractivity contribution in [1.29, 1.82) is 0 Å². The molecule has 2 aromatic rings. The number of H-pyrrole nitrogens is 1. The van der Waals surface area contributed by atoms with Crippen LogP contribution in [-0.4, -0.2) is 9.97 Å². The number of rotatable bonds is 0. The lowest BCUT2D eigenvalue weighted by Gasteiger charge is -2.18. The van der Waals surface area contributed by atoms with Gasteiger partial charge >= 0.3 is 0 Å². The van der Waals surface area contributed by atoms with Crippen LogP contribution in [0.1, 0.15) is 32.0 Å². The predicted octanol–water partition coefficient (Wildman–Crippen LogP) is 3.17. The summed E-state index contributed by atoms with van der Waals surface area (Å²) in [5.41, 5.74) is 3.60. The fraction of sp³-hybridized carbons (Fsp3) is 0.417. The molecule has 0 atom stereocenters. The molecule has 0 spiro atoms. The third kappa shape index (κ3) is 1.52. The van der Waals surface area contributed by atoms with Crippen LogP contribution in [-0.2, 0) is 5.41 Å². The Morgan fingerprint density at radius 2 is 1.93 bits per heavy atom. The summed E-state index contributed by atoms with van der Waals surface area (Å²) in [4.78, 5) is 7.64. The van der Waals surface area contributed by atoms with Gasteiger partial charge in [0.15, 0.2) is 0 Å². The number of nitrogens with zero attached hydrogens (tertiary/aromatic N) is 1.